The highest BCUT2D eigenvalue weighted by Crippen LogP contribution is 2.40. The number of allylic oxidation sites excluding steroid dienone is 2. The Morgan fingerprint density at radius 2 is 1.62 bits per heavy atom. The van der Waals surface area contributed by atoms with Gasteiger partial charge in [-0.25, -0.2) is 4.39 Å². The van der Waals surface area contributed by atoms with E-state index in [-0.39, 0.29) is 6.42 Å². The smallest absolute Gasteiger partial charge is 0.308 e. The summed E-state index contributed by atoms with van der Waals surface area (Å²) < 4.78 is 69.1. The first kappa shape index (κ1) is 24.4. The molecule has 0 bridgehead atoms. The molecule has 0 N–H and O–H groups in total. The normalized spacial score (nSPS) is 25.9. The zero-order valence-electron chi connectivity index (χ0n) is 17.5. The van der Waals surface area contributed by atoms with E-state index in [2.05, 4.69) is 11.7 Å². The van der Waals surface area contributed by atoms with Crippen LogP contribution in [0.3, 0.4) is 0 Å². The van der Waals surface area contributed by atoms with E-state index in [0.29, 0.717) is 5.92 Å². The molecule has 29 heavy (non-hydrogen) atoms. The molecule has 168 valence electrons. The second kappa shape index (κ2) is 11.5. The molecular formula is C23H35F5O. The maximum absolute atomic E-state index is 13.4. The Labute approximate surface area is 171 Å². The lowest BCUT2D eigenvalue weighted by atomic mass is 9.76. The van der Waals surface area contributed by atoms with Crippen LogP contribution in [0.15, 0.2) is 23.8 Å². The van der Waals surface area contributed by atoms with Crippen LogP contribution in [-0.4, -0.2) is 24.8 Å². The summed E-state index contributed by atoms with van der Waals surface area (Å²) in [7, 11) is 0. The van der Waals surface area contributed by atoms with Gasteiger partial charge in [-0.2, -0.15) is 17.6 Å². The molecule has 0 heterocycles. The monoisotopic (exact) mass is 422 g/mol. The van der Waals surface area contributed by atoms with Crippen molar-refractivity contribution in [1.82, 2.24) is 0 Å². The van der Waals surface area contributed by atoms with Crippen LogP contribution in [0.25, 0.3) is 0 Å². The fraction of sp³-hybridized carbons (Fsp3) is 0.826. The van der Waals surface area contributed by atoms with Gasteiger partial charge in [-0.3, -0.25) is 0 Å². The molecule has 2 rings (SSSR count). The van der Waals surface area contributed by atoms with Crippen molar-refractivity contribution in [3.8, 4) is 0 Å². The van der Waals surface area contributed by atoms with Gasteiger partial charge in [-0.05, 0) is 49.5 Å². The molecule has 1 nitrogen and oxygen atoms in total. The highest BCUT2D eigenvalue weighted by molar-refractivity contribution is 5.27. The highest BCUT2D eigenvalue weighted by atomic mass is 19.3. The Balaban J connectivity index is 1.69. The average molecular weight is 423 g/mol. The summed E-state index contributed by atoms with van der Waals surface area (Å²) in [5.41, 5.74) is 1.09. The van der Waals surface area contributed by atoms with Crippen LogP contribution in [0, 0.1) is 11.8 Å². The predicted molar refractivity (Wildman–Crippen MR) is 106 cm³/mol. The van der Waals surface area contributed by atoms with E-state index in [4.69, 9.17) is 0 Å². The third kappa shape index (κ3) is 7.37. The van der Waals surface area contributed by atoms with Crippen LogP contribution < -0.4 is 0 Å². The van der Waals surface area contributed by atoms with Crippen molar-refractivity contribution in [2.75, 3.05) is 6.67 Å². The van der Waals surface area contributed by atoms with Gasteiger partial charge >= 0.3 is 12.0 Å². The minimum atomic E-state index is -4.81. The minimum Gasteiger partial charge on any atom is -0.308 e. The fourth-order valence-corrected chi connectivity index (χ4v) is 4.36. The zero-order chi connectivity index (χ0) is 21.3. The average Bonchev–Trinajstić information content (AvgIpc) is 2.71. The Hall–Kier alpha value is -0.910. The minimum absolute atomic E-state index is 0.113. The van der Waals surface area contributed by atoms with Crippen LogP contribution in [0.4, 0.5) is 22.0 Å². The molecule has 0 amide bonds. The molecule has 1 saturated carbocycles. The standard InChI is InChI=1S/C23H35F5O/c1-2-3-4-5-6-7-8-18-9-11-19(12-10-18)20-13-15-21(16-14-20)29-23(27,28)22(25,26)17-24/h13-15,18-19,21H,2-12,16-17H2,1H3/t18-,19-,21?. The SMILES string of the molecule is CCCCCCCC[C@H]1CC[C@H](C2=CCC(OC(F)(F)C(F)(F)CF)C=C2)CC1. The lowest BCUT2D eigenvalue weighted by molar-refractivity contribution is -0.358. The highest BCUT2D eigenvalue weighted by Gasteiger charge is 2.59. The van der Waals surface area contributed by atoms with E-state index < -0.39 is 24.8 Å². The van der Waals surface area contributed by atoms with Crippen molar-refractivity contribution in [3.63, 3.8) is 0 Å². The molecular weight excluding hydrogens is 387 g/mol. The first-order valence-electron chi connectivity index (χ1n) is 11.2. The molecule has 2 aliphatic carbocycles. The van der Waals surface area contributed by atoms with Gasteiger partial charge < -0.3 is 4.74 Å². The van der Waals surface area contributed by atoms with E-state index in [0.717, 1.165) is 24.3 Å². The van der Waals surface area contributed by atoms with Gasteiger partial charge in [-0.1, -0.05) is 70.1 Å². The van der Waals surface area contributed by atoms with Gasteiger partial charge in [0.2, 0.25) is 0 Å². The van der Waals surface area contributed by atoms with E-state index in [1.165, 1.54) is 63.9 Å². The third-order valence-electron chi connectivity index (χ3n) is 6.27. The second-order valence-electron chi connectivity index (χ2n) is 8.58. The van der Waals surface area contributed by atoms with Crippen molar-refractivity contribution in [1.29, 1.82) is 0 Å². The summed E-state index contributed by atoms with van der Waals surface area (Å²) in [6.45, 7) is -0.220. The summed E-state index contributed by atoms with van der Waals surface area (Å²) in [6, 6.07) is 0. The summed E-state index contributed by atoms with van der Waals surface area (Å²) in [6.07, 6.45) is 12.8. The number of hydrogen-bond donors (Lipinski definition) is 0. The van der Waals surface area contributed by atoms with Crippen molar-refractivity contribution < 1.29 is 26.7 Å². The Bertz CT molecular complexity index is 535. The van der Waals surface area contributed by atoms with E-state index in [1.54, 1.807) is 6.08 Å². The van der Waals surface area contributed by atoms with E-state index >= 15 is 0 Å². The number of halogens is 5. The van der Waals surface area contributed by atoms with Crippen LogP contribution in [0.1, 0.15) is 84.0 Å². The van der Waals surface area contributed by atoms with E-state index in [9.17, 15) is 22.0 Å². The fourth-order valence-electron chi connectivity index (χ4n) is 4.36. The van der Waals surface area contributed by atoms with Gasteiger partial charge in [0, 0.05) is 0 Å². The first-order chi connectivity index (χ1) is 13.8. The molecule has 0 aliphatic heterocycles. The number of alkyl halides is 5. The molecule has 0 aromatic heterocycles. The zero-order valence-corrected chi connectivity index (χ0v) is 17.5. The first-order valence-corrected chi connectivity index (χ1v) is 11.2. The maximum Gasteiger partial charge on any atom is 0.422 e. The molecule has 2 aliphatic rings. The molecule has 0 aromatic rings. The van der Waals surface area contributed by atoms with Crippen molar-refractivity contribution in [2.24, 2.45) is 11.8 Å². The molecule has 1 atom stereocenters. The van der Waals surface area contributed by atoms with E-state index in [1.807, 2.05) is 6.08 Å². The predicted octanol–water partition coefficient (Wildman–Crippen LogP) is 8.01. The number of hydrogen-bond acceptors (Lipinski definition) is 1. The van der Waals surface area contributed by atoms with Gasteiger partial charge in [0.1, 0.15) is 0 Å². The number of rotatable bonds is 12. The van der Waals surface area contributed by atoms with Gasteiger partial charge in [0.05, 0.1) is 6.10 Å². The number of unbranched alkanes of at least 4 members (excludes halogenated alkanes) is 5. The third-order valence-corrected chi connectivity index (χ3v) is 6.27. The van der Waals surface area contributed by atoms with Crippen LogP contribution in [0.2, 0.25) is 0 Å². The largest absolute Gasteiger partial charge is 0.422 e. The van der Waals surface area contributed by atoms with Crippen molar-refractivity contribution in [2.45, 2.75) is 102 Å². The molecule has 6 heteroatoms. The topological polar surface area (TPSA) is 9.23 Å². The molecule has 0 aromatic carbocycles. The summed E-state index contributed by atoms with van der Waals surface area (Å²) in [4.78, 5) is 0. The molecule has 0 radical (unpaired) electrons. The Kier molecular flexibility index (Phi) is 9.64. The Morgan fingerprint density at radius 3 is 2.21 bits per heavy atom. The summed E-state index contributed by atoms with van der Waals surface area (Å²) in [5.74, 6) is -3.62. The molecule has 0 saturated heterocycles. The molecule has 0 spiro atoms. The lowest BCUT2D eigenvalue weighted by Gasteiger charge is -2.32. The second-order valence-corrected chi connectivity index (χ2v) is 8.58. The van der Waals surface area contributed by atoms with Gasteiger partial charge in [-0.15, -0.1) is 0 Å². The molecule has 1 unspecified atom stereocenters. The summed E-state index contributed by atoms with van der Waals surface area (Å²) in [5, 5.41) is 0. The van der Waals surface area contributed by atoms with Gasteiger partial charge in [0.15, 0.2) is 6.67 Å². The molecule has 1 fully saturated rings. The number of ether oxygens (including phenoxy) is 1. The lowest BCUT2D eigenvalue weighted by Crippen LogP contribution is -2.46. The van der Waals surface area contributed by atoms with Crippen LogP contribution in [-0.2, 0) is 4.74 Å². The quantitative estimate of drug-likeness (QED) is 0.229. The van der Waals surface area contributed by atoms with Crippen LogP contribution >= 0.6 is 0 Å². The summed E-state index contributed by atoms with van der Waals surface area (Å²) >= 11 is 0. The van der Waals surface area contributed by atoms with Crippen LogP contribution in [0.5, 0.6) is 0 Å². The maximum atomic E-state index is 13.4. The van der Waals surface area contributed by atoms with Crippen molar-refractivity contribution in [3.05, 3.63) is 23.8 Å². The van der Waals surface area contributed by atoms with Gasteiger partial charge in [0.25, 0.3) is 0 Å². The Morgan fingerprint density at radius 1 is 0.966 bits per heavy atom. The van der Waals surface area contributed by atoms with Crippen molar-refractivity contribution >= 4 is 0 Å².